The van der Waals surface area contributed by atoms with E-state index in [4.69, 9.17) is 5.11 Å². The lowest BCUT2D eigenvalue weighted by Gasteiger charge is -2.16. The highest BCUT2D eigenvalue weighted by Crippen LogP contribution is 2.35. The van der Waals surface area contributed by atoms with Crippen molar-refractivity contribution in [3.8, 4) is 0 Å². The number of aliphatic carboxylic acids is 1. The summed E-state index contributed by atoms with van der Waals surface area (Å²) in [6.07, 6.45) is 3.77. The molecule has 0 atom stereocenters. The second-order valence-electron chi connectivity index (χ2n) is 3.88. The van der Waals surface area contributed by atoms with Crippen molar-refractivity contribution in [2.75, 3.05) is 0 Å². The highest BCUT2D eigenvalue weighted by Gasteiger charge is 2.20. The minimum Gasteiger partial charge on any atom is -0.478 e. The van der Waals surface area contributed by atoms with Crippen LogP contribution in [0.15, 0.2) is 17.7 Å². The van der Waals surface area contributed by atoms with Crippen molar-refractivity contribution in [2.24, 2.45) is 0 Å². The number of carboxylic acids is 1. The van der Waals surface area contributed by atoms with Gasteiger partial charge in [-0.3, -0.25) is 0 Å². The predicted octanol–water partition coefficient (Wildman–Crippen LogP) is 3.47. The molecule has 1 aromatic rings. The maximum absolute atomic E-state index is 11.1. The average molecular weight is 222 g/mol. The lowest BCUT2D eigenvalue weighted by atomic mass is 9.91. The lowest BCUT2D eigenvalue weighted by Crippen LogP contribution is -2.07. The van der Waals surface area contributed by atoms with Gasteiger partial charge in [0.25, 0.3) is 0 Å². The van der Waals surface area contributed by atoms with Crippen LogP contribution in [0.3, 0.4) is 0 Å². The minimum atomic E-state index is -0.740. The molecule has 0 radical (unpaired) electrons. The van der Waals surface area contributed by atoms with Crippen LogP contribution in [0.5, 0.6) is 0 Å². The maximum atomic E-state index is 11.1. The molecule has 0 bridgehead atoms. The van der Waals surface area contributed by atoms with Crippen molar-refractivity contribution >= 4 is 22.9 Å². The Balaban J connectivity index is 2.43. The van der Waals surface area contributed by atoms with Gasteiger partial charge in [-0.15, -0.1) is 11.3 Å². The number of aryl methyl sites for hydroxylation is 1. The molecule has 1 N–H and O–H groups in total. The van der Waals surface area contributed by atoms with Gasteiger partial charge in [0.2, 0.25) is 0 Å². The topological polar surface area (TPSA) is 37.3 Å². The van der Waals surface area contributed by atoms with Gasteiger partial charge in [-0.2, -0.15) is 0 Å². The van der Waals surface area contributed by atoms with Gasteiger partial charge in [-0.25, -0.2) is 4.79 Å². The van der Waals surface area contributed by atoms with Crippen molar-refractivity contribution in [3.63, 3.8) is 0 Å². The Morgan fingerprint density at radius 3 is 2.67 bits per heavy atom. The van der Waals surface area contributed by atoms with Crippen molar-refractivity contribution in [2.45, 2.75) is 32.6 Å². The molecule has 0 saturated carbocycles. The summed E-state index contributed by atoms with van der Waals surface area (Å²) in [5.41, 5.74) is 1.69. The summed E-state index contributed by atoms with van der Waals surface area (Å²) in [5.74, 6) is -0.740. The first kappa shape index (κ1) is 10.4. The summed E-state index contributed by atoms with van der Waals surface area (Å²) in [7, 11) is 0. The lowest BCUT2D eigenvalue weighted by molar-refractivity contribution is -0.132. The van der Waals surface area contributed by atoms with Crippen LogP contribution in [0.25, 0.3) is 5.57 Å². The zero-order valence-electron chi connectivity index (χ0n) is 8.75. The van der Waals surface area contributed by atoms with E-state index in [1.165, 1.54) is 4.88 Å². The Morgan fingerprint density at radius 1 is 1.33 bits per heavy atom. The van der Waals surface area contributed by atoms with Gasteiger partial charge in [0.1, 0.15) is 0 Å². The van der Waals surface area contributed by atoms with Crippen LogP contribution in [-0.4, -0.2) is 11.1 Å². The van der Waals surface area contributed by atoms with E-state index >= 15 is 0 Å². The highest BCUT2D eigenvalue weighted by atomic mass is 32.1. The third-order valence-electron chi connectivity index (χ3n) is 2.76. The zero-order valence-corrected chi connectivity index (χ0v) is 9.56. The van der Waals surface area contributed by atoms with E-state index in [0.717, 1.165) is 36.1 Å². The van der Waals surface area contributed by atoms with E-state index in [1.807, 2.05) is 6.07 Å². The summed E-state index contributed by atoms with van der Waals surface area (Å²) in [6.45, 7) is 2.05. The standard InChI is InChI=1S/C12H14O2S/c1-8-6-7-11(15-8)9-4-2-3-5-10(9)12(13)14/h6-7H,2-5H2,1H3,(H,13,14). The minimum absolute atomic E-state index is 0.628. The molecule has 1 heterocycles. The molecule has 1 aromatic heterocycles. The van der Waals surface area contributed by atoms with Crippen molar-refractivity contribution in [1.29, 1.82) is 0 Å². The quantitative estimate of drug-likeness (QED) is 0.832. The second-order valence-corrected chi connectivity index (χ2v) is 5.17. The molecule has 0 fully saturated rings. The van der Waals surface area contributed by atoms with Crippen molar-refractivity contribution in [3.05, 3.63) is 27.5 Å². The maximum Gasteiger partial charge on any atom is 0.331 e. The Hall–Kier alpha value is -1.09. The van der Waals surface area contributed by atoms with Crippen LogP contribution in [0.4, 0.5) is 0 Å². The summed E-state index contributed by atoms with van der Waals surface area (Å²) >= 11 is 1.69. The Morgan fingerprint density at radius 2 is 2.07 bits per heavy atom. The predicted molar refractivity (Wildman–Crippen MR) is 62.1 cm³/mol. The molecule has 3 heteroatoms. The second kappa shape index (κ2) is 4.19. The molecule has 2 nitrogen and oxygen atoms in total. The number of rotatable bonds is 2. The zero-order chi connectivity index (χ0) is 10.8. The third-order valence-corrected chi connectivity index (χ3v) is 3.82. The molecule has 0 amide bonds. The molecule has 1 aliphatic rings. The molecular weight excluding hydrogens is 208 g/mol. The molecular formula is C12H14O2S. The van der Waals surface area contributed by atoms with Crippen LogP contribution >= 0.6 is 11.3 Å². The van der Waals surface area contributed by atoms with Crippen LogP contribution in [0.1, 0.15) is 35.4 Å². The van der Waals surface area contributed by atoms with Gasteiger partial charge >= 0.3 is 5.97 Å². The molecule has 15 heavy (non-hydrogen) atoms. The first-order chi connectivity index (χ1) is 7.18. The number of hydrogen-bond acceptors (Lipinski definition) is 2. The molecule has 0 unspecified atom stereocenters. The van der Waals surface area contributed by atoms with Gasteiger partial charge in [0, 0.05) is 15.3 Å². The van der Waals surface area contributed by atoms with Gasteiger partial charge < -0.3 is 5.11 Å². The van der Waals surface area contributed by atoms with Gasteiger partial charge in [0.05, 0.1) is 0 Å². The summed E-state index contributed by atoms with van der Waals surface area (Å²) in [5, 5.41) is 9.12. The van der Waals surface area contributed by atoms with E-state index in [0.29, 0.717) is 5.57 Å². The normalized spacial score (nSPS) is 16.9. The fourth-order valence-corrected chi connectivity index (χ4v) is 2.98. The summed E-state index contributed by atoms with van der Waals surface area (Å²) < 4.78 is 0. The first-order valence-corrected chi connectivity index (χ1v) is 6.02. The summed E-state index contributed by atoms with van der Waals surface area (Å²) in [6, 6.07) is 4.10. The molecule has 1 aliphatic carbocycles. The van der Waals surface area contributed by atoms with Crippen LogP contribution in [0, 0.1) is 6.92 Å². The van der Waals surface area contributed by atoms with Gasteiger partial charge in [-0.05, 0) is 50.3 Å². The number of allylic oxidation sites excluding steroid dienone is 1. The number of carboxylic acid groups (broad SMARTS) is 1. The van der Waals surface area contributed by atoms with Crippen LogP contribution in [0.2, 0.25) is 0 Å². The van der Waals surface area contributed by atoms with Crippen LogP contribution in [-0.2, 0) is 4.79 Å². The Kier molecular flexibility index (Phi) is 2.91. The highest BCUT2D eigenvalue weighted by molar-refractivity contribution is 7.13. The monoisotopic (exact) mass is 222 g/mol. The molecule has 0 spiro atoms. The molecule has 80 valence electrons. The van der Waals surface area contributed by atoms with E-state index < -0.39 is 5.97 Å². The van der Waals surface area contributed by atoms with Crippen molar-refractivity contribution < 1.29 is 9.90 Å². The smallest absolute Gasteiger partial charge is 0.331 e. The van der Waals surface area contributed by atoms with E-state index in [9.17, 15) is 4.79 Å². The SMILES string of the molecule is Cc1ccc(C2=C(C(=O)O)CCCC2)s1. The van der Waals surface area contributed by atoms with E-state index in [2.05, 4.69) is 13.0 Å². The molecule has 0 saturated heterocycles. The van der Waals surface area contributed by atoms with E-state index in [1.54, 1.807) is 11.3 Å². The van der Waals surface area contributed by atoms with Crippen LogP contribution < -0.4 is 0 Å². The van der Waals surface area contributed by atoms with Gasteiger partial charge in [-0.1, -0.05) is 0 Å². The average Bonchev–Trinajstić information content (AvgIpc) is 2.65. The van der Waals surface area contributed by atoms with E-state index in [-0.39, 0.29) is 0 Å². The first-order valence-electron chi connectivity index (χ1n) is 5.20. The number of carbonyl (C=O) groups is 1. The Bertz CT molecular complexity index is 415. The van der Waals surface area contributed by atoms with Crippen molar-refractivity contribution in [1.82, 2.24) is 0 Å². The number of thiophene rings is 1. The largest absolute Gasteiger partial charge is 0.478 e. The molecule has 0 aromatic carbocycles. The molecule has 2 rings (SSSR count). The fraction of sp³-hybridized carbons (Fsp3) is 0.417. The summed E-state index contributed by atoms with van der Waals surface area (Å²) in [4.78, 5) is 13.5. The van der Waals surface area contributed by atoms with Gasteiger partial charge in [0.15, 0.2) is 0 Å². The Labute approximate surface area is 93.3 Å². The third kappa shape index (κ3) is 2.12. The fourth-order valence-electron chi connectivity index (χ4n) is 2.01. The molecule has 0 aliphatic heterocycles. The number of hydrogen-bond donors (Lipinski definition) is 1.